The van der Waals surface area contributed by atoms with Gasteiger partial charge in [0.25, 0.3) is 0 Å². The fraction of sp³-hybridized carbons (Fsp3) is 0.538. The van der Waals surface area contributed by atoms with Gasteiger partial charge in [-0.1, -0.05) is 6.42 Å². The molecule has 1 N–H and O–H groups in total. The third-order valence-corrected chi connectivity index (χ3v) is 6.14. The van der Waals surface area contributed by atoms with Crippen LogP contribution in [-0.4, -0.2) is 32.2 Å². The predicted octanol–water partition coefficient (Wildman–Crippen LogP) is 2.79. The molecule has 0 heterocycles. The van der Waals surface area contributed by atoms with E-state index in [1.54, 1.807) is 12.1 Å². The number of sulfone groups is 1. The maximum atomic E-state index is 11.3. The summed E-state index contributed by atoms with van der Waals surface area (Å²) in [7, 11) is -3.09. The van der Waals surface area contributed by atoms with Crippen molar-refractivity contribution in [1.82, 2.24) is 0 Å². The molecule has 0 aliphatic heterocycles. The van der Waals surface area contributed by atoms with E-state index in [0.717, 1.165) is 12.2 Å². The largest absolute Gasteiger partial charge is 0.384 e. The molecule has 0 unspecified atom stereocenters. The van der Waals surface area contributed by atoms with Gasteiger partial charge in [-0.3, -0.25) is 0 Å². The molecule has 1 aliphatic rings. The quantitative estimate of drug-likeness (QED) is 0.903. The molecule has 1 fully saturated rings. The minimum Gasteiger partial charge on any atom is -0.384 e. The van der Waals surface area contributed by atoms with Crippen molar-refractivity contribution < 1.29 is 8.42 Å². The van der Waals surface area contributed by atoms with Crippen molar-refractivity contribution in [3.05, 3.63) is 24.3 Å². The van der Waals surface area contributed by atoms with Crippen LogP contribution in [0.2, 0.25) is 0 Å². The van der Waals surface area contributed by atoms with Crippen LogP contribution >= 0.6 is 11.8 Å². The average molecular weight is 285 g/mol. The Bertz CT molecular complexity index is 499. The summed E-state index contributed by atoms with van der Waals surface area (Å²) in [6.45, 7) is 0.951. The molecule has 3 nitrogen and oxygen atoms in total. The second kappa shape index (κ2) is 5.13. The van der Waals surface area contributed by atoms with Crippen LogP contribution < -0.4 is 5.32 Å². The number of nitrogens with one attached hydrogen (secondary N) is 1. The van der Waals surface area contributed by atoms with Crippen LogP contribution in [0.3, 0.4) is 0 Å². The number of anilines is 1. The van der Waals surface area contributed by atoms with Crippen LogP contribution in [0.25, 0.3) is 0 Å². The molecule has 5 heteroatoms. The lowest BCUT2D eigenvalue weighted by Crippen LogP contribution is -2.40. The molecule has 0 spiro atoms. The summed E-state index contributed by atoms with van der Waals surface area (Å²) >= 11 is 1.93. The Kier molecular flexibility index (Phi) is 3.92. The third kappa shape index (κ3) is 3.01. The van der Waals surface area contributed by atoms with Crippen molar-refractivity contribution in [3.63, 3.8) is 0 Å². The molecule has 0 saturated heterocycles. The lowest BCUT2D eigenvalue weighted by atomic mass is 9.84. The molecule has 100 valence electrons. The van der Waals surface area contributed by atoms with Crippen LogP contribution in [0.15, 0.2) is 29.2 Å². The third-order valence-electron chi connectivity index (χ3n) is 3.59. The van der Waals surface area contributed by atoms with Gasteiger partial charge in [-0.25, -0.2) is 8.42 Å². The summed E-state index contributed by atoms with van der Waals surface area (Å²) in [5.41, 5.74) is 0.989. The van der Waals surface area contributed by atoms with Gasteiger partial charge in [0.1, 0.15) is 0 Å². The molecular weight excluding hydrogens is 266 g/mol. The van der Waals surface area contributed by atoms with Gasteiger partial charge < -0.3 is 5.32 Å². The Hall–Kier alpha value is -0.680. The van der Waals surface area contributed by atoms with Crippen LogP contribution in [0.4, 0.5) is 5.69 Å². The first-order valence-electron chi connectivity index (χ1n) is 6.04. The highest BCUT2D eigenvalue weighted by Crippen LogP contribution is 2.42. The van der Waals surface area contributed by atoms with Gasteiger partial charge >= 0.3 is 0 Å². The van der Waals surface area contributed by atoms with Gasteiger partial charge in [0.2, 0.25) is 0 Å². The summed E-state index contributed by atoms with van der Waals surface area (Å²) in [5.74, 6) is 0. The zero-order valence-electron chi connectivity index (χ0n) is 10.8. The Morgan fingerprint density at radius 1 is 1.28 bits per heavy atom. The van der Waals surface area contributed by atoms with E-state index in [1.165, 1.54) is 25.5 Å². The van der Waals surface area contributed by atoms with E-state index in [4.69, 9.17) is 0 Å². The minimum atomic E-state index is -3.09. The van der Waals surface area contributed by atoms with Crippen molar-refractivity contribution in [2.24, 2.45) is 0 Å². The monoisotopic (exact) mass is 285 g/mol. The highest BCUT2D eigenvalue weighted by atomic mass is 32.2. The molecule has 1 saturated carbocycles. The van der Waals surface area contributed by atoms with Gasteiger partial charge in [-0.05, 0) is 43.4 Å². The Balaban J connectivity index is 1.99. The predicted molar refractivity (Wildman–Crippen MR) is 78.1 cm³/mol. The maximum absolute atomic E-state index is 11.3. The fourth-order valence-electron chi connectivity index (χ4n) is 2.11. The van der Waals surface area contributed by atoms with E-state index in [1.807, 2.05) is 23.9 Å². The van der Waals surface area contributed by atoms with E-state index in [9.17, 15) is 8.42 Å². The Labute approximate surface area is 113 Å². The first kappa shape index (κ1) is 13.7. The maximum Gasteiger partial charge on any atom is 0.175 e. The SMILES string of the molecule is CSC1(CNc2ccc(S(C)(=O)=O)cc2)CCC1. The second-order valence-corrected chi connectivity index (χ2v) is 8.18. The normalized spacial score (nSPS) is 18.1. The van der Waals surface area contributed by atoms with Crippen molar-refractivity contribution >= 4 is 27.3 Å². The standard InChI is InChI=1S/C13H19NO2S2/c1-17-13(8-3-9-13)10-14-11-4-6-12(7-5-11)18(2,15)16/h4-7,14H,3,8-10H2,1-2H3. The van der Waals surface area contributed by atoms with Crippen LogP contribution in [0.1, 0.15) is 19.3 Å². The number of benzene rings is 1. The molecular formula is C13H19NO2S2. The topological polar surface area (TPSA) is 46.2 Å². The molecule has 1 aromatic carbocycles. The zero-order valence-corrected chi connectivity index (χ0v) is 12.4. The van der Waals surface area contributed by atoms with Gasteiger partial charge in [0.05, 0.1) is 4.90 Å². The molecule has 0 atom stereocenters. The second-order valence-electron chi connectivity index (χ2n) is 4.89. The number of rotatable bonds is 5. The van der Waals surface area contributed by atoms with Crippen molar-refractivity contribution in [3.8, 4) is 0 Å². The molecule has 0 bridgehead atoms. The van der Waals surface area contributed by atoms with Gasteiger partial charge in [-0.15, -0.1) is 0 Å². The first-order valence-corrected chi connectivity index (χ1v) is 9.16. The summed E-state index contributed by atoms with van der Waals surface area (Å²) < 4.78 is 23.1. The molecule has 2 rings (SSSR count). The van der Waals surface area contributed by atoms with Crippen LogP contribution in [-0.2, 0) is 9.84 Å². The van der Waals surface area contributed by atoms with E-state index in [2.05, 4.69) is 11.6 Å². The molecule has 1 aromatic rings. The lowest BCUT2D eigenvalue weighted by molar-refractivity contribution is 0.380. The smallest absolute Gasteiger partial charge is 0.175 e. The Morgan fingerprint density at radius 2 is 1.89 bits per heavy atom. The molecule has 0 aromatic heterocycles. The van der Waals surface area contributed by atoms with Crippen LogP contribution in [0.5, 0.6) is 0 Å². The summed E-state index contributed by atoms with van der Waals surface area (Å²) in [6, 6.07) is 6.99. The number of hydrogen-bond acceptors (Lipinski definition) is 4. The highest BCUT2D eigenvalue weighted by Gasteiger charge is 2.35. The average Bonchev–Trinajstić information content (AvgIpc) is 2.28. The van der Waals surface area contributed by atoms with E-state index >= 15 is 0 Å². The van der Waals surface area contributed by atoms with E-state index in [-0.39, 0.29) is 0 Å². The summed E-state index contributed by atoms with van der Waals surface area (Å²) in [6.07, 6.45) is 7.24. The fourth-order valence-corrected chi connectivity index (χ4v) is 3.65. The summed E-state index contributed by atoms with van der Waals surface area (Å²) in [4.78, 5) is 0.372. The summed E-state index contributed by atoms with van der Waals surface area (Å²) in [5, 5.41) is 3.40. The van der Waals surface area contributed by atoms with Crippen molar-refractivity contribution in [2.75, 3.05) is 24.4 Å². The van der Waals surface area contributed by atoms with Crippen molar-refractivity contribution in [2.45, 2.75) is 28.9 Å². The van der Waals surface area contributed by atoms with Gasteiger partial charge in [0, 0.05) is 23.2 Å². The number of hydrogen-bond donors (Lipinski definition) is 1. The minimum absolute atomic E-state index is 0.372. The molecule has 18 heavy (non-hydrogen) atoms. The van der Waals surface area contributed by atoms with Gasteiger partial charge in [0.15, 0.2) is 9.84 Å². The van der Waals surface area contributed by atoms with Crippen LogP contribution in [0, 0.1) is 0 Å². The van der Waals surface area contributed by atoms with E-state index < -0.39 is 9.84 Å². The lowest BCUT2D eigenvalue weighted by Gasteiger charge is -2.40. The molecule has 0 radical (unpaired) electrons. The van der Waals surface area contributed by atoms with E-state index in [0.29, 0.717) is 9.64 Å². The molecule has 0 amide bonds. The first-order chi connectivity index (χ1) is 8.45. The Morgan fingerprint density at radius 3 is 2.28 bits per heavy atom. The van der Waals surface area contributed by atoms with Gasteiger partial charge in [-0.2, -0.15) is 11.8 Å². The molecule has 1 aliphatic carbocycles. The highest BCUT2D eigenvalue weighted by molar-refractivity contribution is 8.00. The zero-order chi connectivity index (χ0) is 13.2. The van der Waals surface area contributed by atoms with Crippen molar-refractivity contribution in [1.29, 1.82) is 0 Å². The number of thioether (sulfide) groups is 1.